The van der Waals surface area contributed by atoms with Crippen LogP contribution < -0.4 is 5.32 Å². The summed E-state index contributed by atoms with van der Waals surface area (Å²) in [4.78, 5) is 0. The smallest absolute Gasteiger partial charge is 0.0714 e. The molecule has 0 aromatic heterocycles. The summed E-state index contributed by atoms with van der Waals surface area (Å²) in [5, 5.41) is 3.39. The average molecular weight is 150 g/mol. The highest BCUT2D eigenvalue weighted by Gasteiger charge is 2.28. The average Bonchev–Trinajstić information content (AvgIpc) is 2.12. The lowest BCUT2D eigenvalue weighted by molar-refractivity contribution is 0.0421. The van der Waals surface area contributed by atoms with E-state index in [1.165, 1.54) is 12.8 Å². The third-order valence-electron chi connectivity index (χ3n) is 2.00. The Hall–Kier alpha value is 0.210. The molecule has 0 aliphatic carbocycles. The van der Waals surface area contributed by atoms with Gasteiger partial charge in [-0.25, -0.2) is 0 Å². The van der Waals surface area contributed by atoms with Crippen molar-refractivity contribution in [2.75, 3.05) is 13.2 Å². The van der Waals surface area contributed by atoms with Crippen molar-refractivity contribution < 1.29 is 4.74 Å². The van der Waals surface area contributed by atoms with Crippen LogP contribution >= 0.6 is 12.4 Å². The maximum atomic E-state index is 5.41. The zero-order valence-electron chi connectivity index (χ0n) is 5.30. The minimum absolute atomic E-state index is 0. The summed E-state index contributed by atoms with van der Waals surface area (Å²) in [6, 6.07) is 0.786. The van der Waals surface area contributed by atoms with Crippen LogP contribution in [0.3, 0.4) is 0 Å². The molecule has 2 aliphatic rings. The van der Waals surface area contributed by atoms with E-state index in [0.717, 1.165) is 19.2 Å². The van der Waals surface area contributed by atoms with E-state index in [9.17, 15) is 0 Å². The normalized spacial score (nSPS) is 40.0. The third-order valence-corrected chi connectivity index (χ3v) is 2.00. The van der Waals surface area contributed by atoms with Gasteiger partial charge in [-0.1, -0.05) is 0 Å². The highest BCUT2D eigenvalue weighted by molar-refractivity contribution is 5.85. The molecule has 3 heteroatoms. The van der Waals surface area contributed by atoms with E-state index in [-0.39, 0.29) is 12.4 Å². The molecule has 9 heavy (non-hydrogen) atoms. The predicted octanol–water partition coefficient (Wildman–Crippen LogP) is 0.559. The molecule has 0 aromatic carbocycles. The largest absolute Gasteiger partial charge is 0.377 e. The number of halogens is 1. The number of rotatable bonds is 0. The Morgan fingerprint density at radius 1 is 1.44 bits per heavy atom. The van der Waals surface area contributed by atoms with Crippen LogP contribution in [-0.2, 0) is 4.74 Å². The van der Waals surface area contributed by atoms with Gasteiger partial charge in [-0.3, -0.25) is 0 Å². The van der Waals surface area contributed by atoms with Crippen molar-refractivity contribution in [2.24, 2.45) is 0 Å². The van der Waals surface area contributed by atoms with Crippen molar-refractivity contribution in [1.29, 1.82) is 0 Å². The van der Waals surface area contributed by atoms with Gasteiger partial charge in [0.2, 0.25) is 0 Å². The molecule has 2 saturated heterocycles. The van der Waals surface area contributed by atoms with E-state index < -0.39 is 0 Å². The standard InChI is InChI=1S/C6H11NO.ClH/c1-2-8-6-3-5(1)7-4-6;/h5-7H,1-4H2;1H. The van der Waals surface area contributed by atoms with Crippen molar-refractivity contribution in [3.05, 3.63) is 0 Å². The van der Waals surface area contributed by atoms with E-state index in [1.807, 2.05) is 0 Å². The minimum Gasteiger partial charge on any atom is -0.377 e. The summed E-state index contributed by atoms with van der Waals surface area (Å²) in [7, 11) is 0. The molecular formula is C6H12ClNO. The van der Waals surface area contributed by atoms with E-state index in [1.54, 1.807) is 0 Å². The van der Waals surface area contributed by atoms with Gasteiger partial charge in [0, 0.05) is 19.2 Å². The van der Waals surface area contributed by atoms with Gasteiger partial charge in [0.1, 0.15) is 0 Å². The Labute approximate surface area is 61.4 Å². The fraction of sp³-hybridized carbons (Fsp3) is 1.00. The number of nitrogens with one attached hydrogen (secondary N) is 1. The second-order valence-electron chi connectivity index (χ2n) is 2.62. The lowest BCUT2D eigenvalue weighted by Crippen LogP contribution is -2.23. The number of hydrogen-bond donors (Lipinski definition) is 1. The summed E-state index contributed by atoms with van der Waals surface area (Å²) >= 11 is 0. The van der Waals surface area contributed by atoms with Crippen LogP contribution in [0.25, 0.3) is 0 Å². The minimum atomic E-state index is 0. The van der Waals surface area contributed by atoms with Crippen molar-refractivity contribution in [1.82, 2.24) is 5.32 Å². The molecule has 2 rings (SSSR count). The van der Waals surface area contributed by atoms with Gasteiger partial charge in [0.25, 0.3) is 0 Å². The molecule has 2 unspecified atom stereocenters. The molecule has 2 fully saturated rings. The molecule has 54 valence electrons. The summed E-state index contributed by atoms with van der Waals surface area (Å²) in [6.45, 7) is 2.06. The Balaban J connectivity index is 0.000000405. The first kappa shape index (κ1) is 7.32. The van der Waals surface area contributed by atoms with E-state index in [0.29, 0.717) is 6.10 Å². The zero-order valence-corrected chi connectivity index (χ0v) is 6.12. The van der Waals surface area contributed by atoms with Gasteiger partial charge >= 0.3 is 0 Å². The maximum Gasteiger partial charge on any atom is 0.0714 e. The van der Waals surface area contributed by atoms with E-state index in [2.05, 4.69) is 5.32 Å². The molecule has 0 radical (unpaired) electrons. The van der Waals surface area contributed by atoms with Crippen LogP contribution in [0, 0.1) is 0 Å². The quantitative estimate of drug-likeness (QED) is 0.544. The Kier molecular flexibility index (Phi) is 2.33. The monoisotopic (exact) mass is 149 g/mol. The molecule has 2 nitrogen and oxygen atoms in total. The molecular weight excluding hydrogens is 138 g/mol. The molecule has 2 bridgehead atoms. The fourth-order valence-electron chi connectivity index (χ4n) is 1.51. The van der Waals surface area contributed by atoms with Gasteiger partial charge in [-0.05, 0) is 12.8 Å². The predicted molar refractivity (Wildman–Crippen MR) is 38.0 cm³/mol. The molecule has 2 heterocycles. The van der Waals surface area contributed by atoms with Gasteiger partial charge in [0.15, 0.2) is 0 Å². The number of fused-ring (bicyclic) bond motifs is 2. The molecule has 2 atom stereocenters. The van der Waals surface area contributed by atoms with Crippen molar-refractivity contribution in [3.8, 4) is 0 Å². The number of hydrogen-bond acceptors (Lipinski definition) is 2. The highest BCUT2D eigenvalue weighted by atomic mass is 35.5. The summed E-state index contributed by atoms with van der Waals surface area (Å²) in [5.74, 6) is 0. The van der Waals surface area contributed by atoms with Gasteiger partial charge in [0.05, 0.1) is 6.10 Å². The van der Waals surface area contributed by atoms with Crippen molar-refractivity contribution in [2.45, 2.75) is 25.0 Å². The van der Waals surface area contributed by atoms with E-state index in [4.69, 9.17) is 4.74 Å². The molecule has 0 aromatic rings. The summed E-state index contributed by atoms with van der Waals surface area (Å²) in [6.07, 6.45) is 3.02. The Bertz CT molecular complexity index is 85.1. The van der Waals surface area contributed by atoms with Crippen LogP contribution in [0.2, 0.25) is 0 Å². The summed E-state index contributed by atoms with van der Waals surface area (Å²) < 4.78 is 5.41. The molecule has 0 saturated carbocycles. The van der Waals surface area contributed by atoms with Crippen LogP contribution in [0.5, 0.6) is 0 Å². The highest BCUT2D eigenvalue weighted by Crippen LogP contribution is 2.18. The van der Waals surface area contributed by atoms with Crippen LogP contribution in [0.15, 0.2) is 0 Å². The second kappa shape index (κ2) is 2.86. The molecule has 0 spiro atoms. The van der Waals surface area contributed by atoms with Gasteiger partial charge < -0.3 is 10.1 Å². The Morgan fingerprint density at radius 3 is 3.00 bits per heavy atom. The Morgan fingerprint density at radius 2 is 2.33 bits per heavy atom. The van der Waals surface area contributed by atoms with Crippen LogP contribution in [0.1, 0.15) is 12.8 Å². The lowest BCUT2D eigenvalue weighted by Gasteiger charge is -2.17. The number of ether oxygens (including phenoxy) is 1. The SMILES string of the molecule is C1CC2CC(CN2)O1.Cl. The maximum absolute atomic E-state index is 5.41. The molecule has 2 aliphatic heterocycles. The van der Waals surface area contributed by atoms with Crippen LogP contribution in [-0.4, -0.2) is 25.3 Å². The fourth-order valence-corrected chi connectivity index (χ4v) is 1.51. The van der Waals surface area contributed by atoms with Crippen molar-refractivity contribution >= 4 is 12.4 Å². The third kappa shape index (κ3) is 1.37. The van der Waals surface area contributed by atoms with Crippen LogP contribution in [0.4, 0.5) is 0 Å². The first-order valence-electron chi connectivity index (χ1n) is 3.30. The van der Waals surface area contributed by atoms with Crippen molar-refractivity contribution in [3.63, 3.8) is 0 Å². The molecule has 0 amide bonds. The van der Waals surface area contributed by atoms with E-state index >= 15 is 0 Å². The first-order valence-corrected chi connectivity index (χ1v) is 3.30. The topological polar surface area (TPSA) is 21.3 Å². The molecule has 1 N–H and O–H groups in total. The van der Waals surface area contributed by atoms with Gasteiger partial charge in [-0.2, -0.15) is 0 Å². The summed E-state index contributed by atoms with van der Waals surface area (Å²) in [5.41, 5.74) is 0. The second-order valence-corrected chi connectivity index (χ2v) is 2.62. The lowest BCUT2D eigenvalue weighted by atomic mass is 10.1. The first-order chi connectivity index (χ1) is 3.95. The van der Waals surface area contributed by atoms with Gasteiger partial charge in [-0.15, -0.1) is 12.4 Å². The zero-order chi connectivity index (χ0) is 5.40.